The predicted octanol–water partition coefficient (Wildman–Crippen LogP) is 22.2. The molecule has 10 heteroatoms. The van der Waals surface area contributed by atoms with Gasteiger partial charge in [0.2, 0.25) is 5.91 Å². The van der Waals surface area contributed by atoms with E-state index in [1.165, 1.54) is 116 Å². The Bertz CT molecular complexity index is 1870. The van der Waals surface area contributed by atoms with Crippen LogP contribution in [0, 0.1) is 0 Å². The van der Waals surface area contributed by atoms with Gasteiger partial charge in [-0.2, -0.15) is 0 Å². The number of nitrogens with zero attached hydrogens (tertiary/aromatic N) is 1. The molecule has 0 aromatic heterocycles. The van der Waals surface area contributed by atoms with E-state index in [0.29, 0.717) is 23.9 Å². The lowest BCUT2D eigenvalue weighted by molar-refractivity contribution is -0.870. The maximum absolute atomic E-state index is 13.6. The minimum atomic E-state index is -4.47. The molecule has 2 N–H and O–H groups in total. The number of hydrogen-bond acceptors (Lipinski definition) is 6. The van der Waals surface area contributed by atoms with Gasteiger partial charge in [0.1, 0.15) is 19.3 Å². The number of amides is 1. The lowest BCUT2D eigenvalue weighted by Gasteiger charge is -2.27. The summed E-state index contributed by atoms with van der Waals surface area (Å²) in [5.74, 6) is -0.535. The largest absolute Gasteiger partial charge is 0.472 e. The van der Waals surface area contributed by atoms with Crippen molar-refractivity contribution in [2.24, 2.45) is 0 Å². The Morgan fingerprint density at radius 3 is 1.15 bits per heavy atom. The highest BCUT2D eigenvalue weighted by molar-refractivity contribution is 7.47. The van der Waals surface area contributed by atoms with E-state index >= 15 is 0 Å². The molecular weight excluding hydrogens is 1070 g/mol. The smallest absolute Gasteiger partial charge is 0.456 e. The first-order chi connectivity index (χ1) is 41.4. The molecule has 0 rings (SSSR count). The highest BCUT2D eigenvalue weighted by Crippen LogP contribution is 2.43. The second-order valence-electron chi connectivity index (χ2n) is 24.3. The number of hydrogen-bond donors (Lipinski definition) is 2. The van der Waals surface area contributed by atoms with Crippen LogP contribution in [0.4, 0.5) is 0 Å². The van der Waals surface area contributed by atoms with Crippen molar-refractivity contribution in [3.05, 3.63) is 122 Å². The van der Waals surface area contributed by atoms with Crippen molar-refractivity contribution < 1.29 is 37.3 Å². The lowest BCUT2D eigenvalue weighted by atomic mass is 10.0. The van der Waals surface area contributed by atoms with Gasteiger partial charge in [0, 0.05) is 12.8 Å². The van der Waals surface area contributed by atoms with Crippen LogP contribution in [0.2, 0.25) is 0 Å². The number of carbonyl (C=O) groups is 2. The molecule has 0 aliphatic carbocycles. The van der Waals surface area contributed by atoms with Crippen LogP contribution in [0.25, 0.3) is 0 Å². The van der Waals surface area contributed by atoms with Gasteiger partial charge < -0.3 is 19.4 Å². The number of unbranched alkanes of at least 4 members (excludes halogenated alkanes) is 28. The Hall–Kier alpha value is -3.59. The molecule has 0 bridgehead atoms. The Labute approximate surface area is 524 Å². The number of likely N-dealkylation sites (N-methyl/N-ethyl adjacent to an activating group) is 1. The number of quaternary nitrogens is 1. The van der Waals surface area contributed by atoms with E-state index in [0.717, 1.165) is 135 Å². The summed E-state index contributed by atoms with van der Waals surface area (Å²) in [5, 5.41) is 3.06. The van der Waals surface area contributed by atoms with E-state index < -0.39 is 20.0 Å². The molecule has 0 aromatic rings. The summed E-state index contributed by atoms with van der Waals surface area (Å²) in [5.41, 5.74) is 0. The van der Waals surface area contributed by atoms with Crippen molar-refractivity contribution in [3.63, 3.8) is 0 Å². The first-order valence-corrected chi connectivity index (χ1v) is 36.4. The van der Waals surface area contributed by atoms with Gasteiger partial charge in [0.05, 0.1) is 33.8 Å². The first-order valence-electron chi connectivity index (χ1n) is 34.9. The lowest BCUT2D eigenvalue weighted by Crippen LogP contribution is -2.47. The molecule has 0 aliphatic rings. The minimum absolute atomic E-state index is 0.0297. The maximum Gasteiger partial charge on any atom is 0.472 e. The van der Waals surface area contributed by atoms with Crippen molar-refractivity contribution in [1.82, 2.24) is 5.32 Å². The number of allylic oxidation sites excluding steroid dienone is 19. The van der Waals surface area contributed by atoms with Crippen molar-refractivity contribution in [1.29, 1.82) is 0 Å². The monoisotopic (exact) mass is 1200 g/mol. The zero-order valence-electron chi connectivity index (χ0n) is 55.8. The average Bonchev–Trinajstić information content (AvgIpc) is 3.64. The summed E-state index contributed by atoms with van der Waals surface area (Å²) in [6.45, 7) is 6.86. The highest BCUT2D eigenvalue weighted by Gasteiger charge is 2.30. The third-order valence-electron chi connectivity index (χ3n) is 14.9. The minimum Gasteiger partial charge on any atom is -0.456 e. The van der Waals surface area contributed by atoms with Crippen molar-refractivity contribution in [2.45, 2.75) is 303 Å². The van der Waals surface area contributed by atoms with Crippen LogP contribution in [0.5, 0.6) is 0 Å². The SMILES string of the molecule is CC/C=C\C/C=C\C/C=C\C/C=C\C/C=C\CCCCCCCCCCCC(=O)NC(COP(=O)(O)OCC[N+](C)(C)C)C(/C=C\CCCCCCCCCCCCC)OC(=O)CCCCCCC/C=C\C/C=C\C/C=C\C/C=C\CCCCC. The quantitative estimate of drug-likeness (QED) is 0.0205. The number of phosphoric acid groups is 1. The number of phosphoric ester groups is 1. The standard InChI is InChI=1S/C75H131N2O7P/c1-7-10-13-16-19-22-25-28-30-32-34-36-37-38-39-41-42-44-46-49-52-55-58-61-64-67-74(78)76-72(71-83-85(80,81)82-70-69-77(4,5)6)73(66-63-60-57-54-51-48-27-24-21-18-15-12-9-3)84-75(79)68-65-62-59-56-53-50-47-45-43-40-35-33-31-29-26-23-20-17-14-11-8-2/h10,13,19-20,22-23,28-31,34-36,38-40,45,47,63,66,72-73H,7-9,11-12,14-18,21,24-27,32-33,37,41-44,46,48-62,64-65,67-71H2,1-6H3,(H-,76,78,80,81)/p+1/b13-10-,22-19-,23-20-,30-28-,31-29-,36-34-,39-38-,40-35-,47-45-,66-63-. The van der Waals surface area contributed by atoms with Crippen molar-refractivity contribution in [3.8, 4) is 0 Å². The van der Waals surface area contributed by atoms with E-state index in [2.05, 4.69) is 135 Å². The fourth-order valence-electron chi connectivity index (χ4n) is 9.54. The molecule has 0 heterocycles. The Morgan fingerprint density at radius 2 is 0.753 bits per heavy atom. The molecule has 0 saturated heterocycles. The van der Waals surface area contributed by atoms with Gasteiger partial charge in [-0.3, -0.25) is 18.6 Å². The third kappa shape index (κ3) is 64.7. The molecule has 0 radical (unpaired) electrons. The van der Waals surface area contributed by atoms with Gasteiger partial charge in [-0.1, -0.05) is 277 Å². The second kappa shape index (κ2) is 63.4. The van der Waals surface area contributed by atoms with E-state index in [-0.39, 0.29) is 31.5 Å². The van der Waals surface area contributed by atoms with Crippen LogP contribution in [-0.2, 0) is 27.9 Å². The number of carbonyl (C=O) groups excluding carboxylic acids is 2. The molecule has 0 fully saturated rings. The molecule has 3 atom stereocenters. The molecular formula is C75H132N2O7P+. The van der Waals surface area contributed by atoms with Crippen LogP contribution >= 0.6 is 7.82 Å². The van der Waals surface area contributed by atoms with Crippen LogP contribution in [0.1, 0.15) is 290 Å². The average molecular weight is 1200 g/mol. The third-order valence-corrected chi connectivity index (χ3v) is 15.9. The van der Waals surface area contributed by atoms with Crippen LogP contribution < -0.4 is 5.32 Å². The van der Waals surface area contributed by atoms with Gasteiger partial charge in [0.15, 0.2) is 0 Å². The summed E-state index contributed by atoms with van der Waals surface area (Å²) >= 11 is 0. The van der Waals surface area contributed by atoms with Crippen molar-refractivity contribution >= 4 is 19.7 Å². The fraction of sp³-hybridized carbons (Fsp3) is 0.707. The van der Waals surface area contributed by atoms with E-state index in [9.17, 15) is 19.0 Å². The summed E-state index contributed by atoms with van der Waals surface area (Å²) in [4.78, 5) is 37.9. The molecule has 9 nitrogen and oxygen atoms in total. The van der Waals surface area contributed by atoms with E-state index in [1.54, 1.807) is 0 Å². The number of nitrogens with one attached hydrogen (secondary N) is 1. The van der Waals surface area contributed by atoms with Gasteiger partial charge >= 0.3 is 13.8 Å². The molecule has 0 aromatic carbocycles. The number of rotatable bonds is 62. The van der Waals surface area contributed by atoms with Gasteiger partial charge in [-0.25, -0.2) is 4.57 Å². The molecule has 1 amide bonds. The van der Waals surface area contributed by atoms with E-state index in [4.69, 9.17) is 13.8 Å². The zero-order chi connectivity index (χ0) is 62.1. The Morgan fingerprint density at radius 1 is 0.424 bits per heavy atom. The van der Waals surface area contributed by atoms with E-state index in [1.807, 2.05) is 33.3 Å². The highest BCUT2D eigenvalue weighted by atomic mass is 31.2. The van der Waals surface area contributed by atoms with Crippen LogP contribution in [-0.4, -0.2) is 74.3 Å². The van der Waals surface area contributed by atoms with Crippen molar-refractivity contribution in [2.75, 3.05) is 40.9 Å². The molecule has 0 aliphatic heterocycles. The Balaban J connectivity index is 5.20. The summed E-state index contributed by atoms with van der Waals surface area (Å²) in [7, 11) is 1.47. The fourth-order valence-corrected chi connectivity index (χ4v) is 10.3. The summed E-state index contributed by atoms with van der Waals surface area (Å²) in [6.07, 6.45) is 89.1. The van der Waals surface area contributed by atoms with Crippen LogP contribution in [0.15, 0.2) is 122 Å². The molecule has 3 unspecified atom stereocenters. The number of esters is 1. The number of ether oxygens (including phenoxy) is 1. The normalized spacial score (nSPS) is 14.3. The summed E-state index contributed by atoms with van der Waals surface area (Å²) in [6, 6.07) is -0.869. The van der Waals surface area contributed by atoms with Crippen LogP contribution in [0.3, 0.4) is 0 Å². The first kappa shape index (κ1) is 81.4. The molecule has 0 spiro atoms. The zero-order valence-corrected chi connectivity index (χ0v) is 56.7. The van der Waals surface area contributed by atoms with Gasteiger partial charge in [0.25, 0.3) is 0 Å². The maximum atomic E-state index is 13.6. The second-order valence-corrected chi connectivity index (χ2v) is 25.8. The molecule has 488 valence electrons. The topological polar surface area (TPSA) is 111 Å². The van der Waals surface area contributed by atoms with Gasteiger partial charge in [-0.15, -0.1) is 0 Å². The Kier molecular flexibility index (Phi) is 60.8. The van der Waals surface area contributed by atoms with Gasteiger partial charge in [-0.05, 0) is 122 Å². The summed E-state index contributed by atoms with van der Waals surface area (Å²) < 4.78 is 30.8. The molecule has 85 heavy (non-hydrogen) atoms. The molecule has 0 saturated carbocycles. The predicted molar refractivity (Wildman–Crippen MR) is 369 cm³/mol.